The number of benzene rings is 1. The van der Waals surface area contributed by atoms with Crippen LogP contribution >= 0.6 is 0 Å². The molecule has 2 heteroatoms. The lowest BCUT2D eigenvalue weighted by Crippen LogP contribution is -1.99. The Balaban J connectivity index is 1.81. The average molecular weight is 316 g/mol. The van der Waals surface area contributed by atoms with Crippen molar-refractivity contribution in [2.45, 2.75) is 64.7 Å². The summed E-state index contributed by atoms with van der Waals surface area (Å²) in [5, 5.41) is 0. The van der Waals surface area contributed by atoms with Gasteiger partial charge in [0, 0.05) is 13.7 Å². The number of aryl methyl sites for hydroxylation is 1. The summed E-state index contributed by atoms with van der Waals surface area (Å²) in [5.41, 5.74) is 2.87. The number of rotatable bonds is 10. The van der Waals surface area contributed by atoms with Crippen molar-refractivity contribution in [3.8, 4) is 5.75 Å². The molecule has 1 unspecified atom stereocenters. The normalized spacial score (nSPS) is 19.4. The van der Waals surface area contributed by atoms with Crippen LogP contribution < -0.4 is 4.74 Å². The molecule has 0 N–H and O–H groups in total. The Bertz CT molecular complexity index is 461. The van der Waals surface area contributed by atoms with Crippen LogP contribution in [-0.4, -0.2) is 13.7 Å². The number of methoxy groups -OCH3 is 1. The fraction of sp³-hybridized carbons (Fsp3) is 0.619. The van der Waals surface area contributed by atoms with Gasteiger partial charge in [-0.05, 0) is 67.7 Å². The number of unbranched alkanes of at least 4 members (excludes halogenated alkanes) is 2. The van der Waals surface area contributed by atoms with E-state index in [9.17, 15) is 0 Å². The first kappa shape index (κ1) is 18.1. The Morgan fingerprint density at radius 1 is 1.13 bits per heavy atom. The molecule has 0 heterocycles. The number of ether oxygens (including phenoxy) is 2. The summed E-state index contributed by atoms with van der Waals surface area (Å²) in [7, 11) is 1.75. The molecule has 0 radical (unpaired) electrons. The van der Waals surface area contributed by atoms with Crippen LogP contribution in [0.3, 0.4) is 0 Å². The first-order chi connectivity index (χ1) is 11.3. The van der Waals surface area contributed by atoms with Crippen LogP contribution in [0.25, 0.3) is 0 Å². The summed E-state index contributed by atoms with van der Waals surface area (Å²) in [6, 6.07) is 8.49. The lowest BCUT2D eigenvalue weighted by molar-refractivity contribution is 0.195. The summed E-state index contributed by atoms with van der Waals surface area (Å²) in [5.74, 6) is 1.71. The van der Waals surface area contributed by atoms with Gasteiger partial charge < -0.3 is 9.47 Å². The molecule has 1 aromatic carbocycles. The summed E-state index contributed by atoms with van der Waals surface area (Å²) in [6.07, 6.45) is 13.4. The van der Waals surface area contributed by atoms with Crippen LogP contribution in [0.4, 0.5) is 0 Å². The summed E-state index contributed by atoms with van der Waals surface area (Å²) in [4.78, 5) is 0. The molecule has 128 valence electrons. The maximum atomic E-state index is 5.92. The van der Waals surface area contributed by atoms with E-state index in [0.29, 0.717) is 0 Å². The van der Waals surface area contributed by atoms with Crippen LogP contribution in [0.5, 0.6) is 5.75 Å². The van der Waals surface area contributed by atoms with Gasteiger partial charge in [-0.2, -0.15) is 0 Å². The van der Waals surface area contributed by atoms with E-state index in [1.165, 1.54) is 56.1 Å². The zero-order chi connectivity index (χ0) is 16.3. The van der Waals surface area contributed by atoms with Gasteiger partial charge in [0.25, 0.3) is 0 Å². The molecule has 1 fully saturated rings. The molecule has 2 rings (SSSR count). The molecule has 1 aromatic rings. The van der Waals surface area contributed by atoms with Crippen molar-refractivity contribution >= 4 is 0 Å². The molecule has 1 aliphatic rings. The fourth-order valence-corrected chi connectivity index (χ4v) is 3.37. The molecule has 1 saturated carbocycles. The average Bonchev–Trinajstić information content (AvgIpc) is 3.02. The SMILES string of the molecule is CCCCCC1CCC/C1=C\Oc1ccc(CCCOC)cc1. The third-order valence-corrected chi connectivity index (χ3v) is 4.78. The maximum absolute atomic E-state index is 5.92. The maximum Gasteiger partial charge on any atom is 0.126 e. The fourth-order valence-electron chi connectivity index (χ4n) is 3.37. The third-order valence-electron chi connectivity index (χ3n) is 4.78. The van der Waals surface area contributed by atoms with Crippen molar-refractivity contribution in [2.24, 2.45) is 5.92 Å². The second-order valence-electron chi connectivity index (χ2n) is 6.64. The highest BCUT2D eigenvalue weighted by Crippen LogP contribution is 2.35. The van der Waals surface area contributed by atoms with Gasteiger partial charge in [0.05, 0.1) is 6.26 Å². The van der Waals surface area contributed by atoms with E-state index in [1.54, 1.807) is 7.11 Å². The lowest BCUT2D eigenvalue weighted by atomic mass is 9.96. The molecular weight excluding hydrogens is 284 g/mol. The first-order valence-corrected chi connectivity index (χ1v) is 9.27. The molecule has 2 nitrogen and oxygen atoms in total. The minimum absolute atomic E-state index is 0.759. The summed E-state index contributed by atoms with van der Waals surface area (Å²) < 4.78 is 11.0. The minimum Gasteiger partial charge on any atom is -0.465 e. The van der Waals surface area contributed by atoms with Gasteiger partial charge in [-0.25, -0.2) is 0 Å². The van der Waals surface area contributed by atoms with E-state index in [2.05, 4.69) is 31.2 Å². The molecule has 0 aliphatic heterocycles. The van der Waals surface area contributed by atoms with Gasteiger partial charge in [0.2, 0.25) is 0 Å². The Hall–Kier alpha value is -1.28. The highest BCUT2D eigenvalue weighted by Gasteiger charge is 2.20. The van der Waals surface area contributed by atoms with Crippen LogP contribution in [0, 0.1) is 5.92 Å². The van der Waals surface area contributed by atoms with Crippen LogP contribution in [0.15, 0.2) is 36.1 Å². The Kier molecular flexibility index (Phi) is 8.24. The molecule has 1 atom stereocenters. The molecule has 0 spiro atoms. The van der Waals surface area contributed by atoms with Gasteiger partial charge in [0.1, 0.15) is 5.75 Å². The number of hydrogen-bond acceptors (Lipinski definition) is 2. The number of allylic oxidation sites excluding steroid dienone is 1. The van der Waals surface area contributed by atoms with E-state index in [4.69, 9.17) is 9.47 Å². The second-order valence-corrected chi connectivity index (χ2v) is 6.64. The Morgan fingerprint density at radius 2 is 1.96 bits per heavy atom. The van der Waals surface area contributed by atoms with E-state index < -0.39 is 0 Å². The quantitative estimate of drug-likeness (QED) is 0.395. The van der Waals surface area contributed by atoms with Gasteiger partial charge in [-0.3, -0.25) is 0 Å². The molecule has 0 bridgehead atoms. The Morgan fingerprint density at radius 3 is 2.70 bits per heavy atom. The van der Waals surface area contributed by atoms with Gasteiger partial charge in [-0.15, -0.1) is 0 Å². The van der Waals surface area contributed by atoms with E-state index in [-0.39, 0.29) is 0 Å². The first-order valence-electron chi connectivity index (χ1n) is 9.27. The zero-order valence-corrected chi connectivity index (χ0v) is 14.9. The highest BCUT2D eigenvalue weighted by atomic mass is 16.5. The van der Waals surface area contributed by atoms with Gasteiger partial charge in [-0.1, -0.05) is 38.3 Å². The summed E-state index contributed by atoms with van der Waals surface area (Å²) in [6.45, 7) is 3.09. The van der Waals surface area contributed by atoms with E-state index in [0.717, 1.165) is 31.1 Å². The van der Waals surface area contributed by atoms with Crippen LogP contribution in [-0.2, 0) is 11.2 Å². The second kappa shape index (κ2) is 10.5. The predicted molar refractivity (Wildman–Crippen MR) is 96.8 cm³/mol. The van der Waals surface area contributed by atoms with Crippen molar-refractivity contribution in [1.82, 2.24) is 0 Å². The molecule has 0 aromatic heterocycles. The van der Waals surface area contributed by atoms with Crippen molar-refractivity contribution in [1.29, 1.82) is 0 Å². The van der Waals surface area contributed by atoms with E-state index in [1.807, 2.05) is 6.26 Å². The molecule has 23 heavy (non-hydrogen) atoms. The Labute approximate surface area is 141 Å². The van der Waals surface area contributed by atoms with Crippen LogP contribution in [0.2, 0.25) is 0 Å². The van der Waals surface area contributed by atoms with Crippen molar-refractivity contribution < 1.29 is 9.47 Å². The van der Waals surface area contributed by atoms with Crippen LogP contribution in [0.1, 0.15) is 63.9 Å². The third kappa shape index (κ3) is 6.39. The summed E-state index contributed by atoms with van der Waals surface area (Å²) >= 11 is 0. The van der Waals surface area contributed by atoms with Crippen molar-refractivity contribution in [3.63, 3.8) is 0 Å². The molecule has 0 saturated heterocycles. The largest absolute Gasteiger partial charge is 0.465 e. The standard InChI is InChI=1S/C21H32O2/c1-3-4-5-9-19-10-6-11-20(19)17-23-21-14-12-18(13-15-21)8-7-16-22-2/h12-15,17,19H,3-11,16H2,1-2H3/b20-17+. The molecular formula is C21H32O2. The van der Waals surface area contributed by atoms with Gasteiger partial charge in [0.15, 0.2) is 0 Å². The number of hydrogen-bond donors (Lipinski definition) is 0. The smallest absolute Gasteiger partial charge is 0.126 e. The lowest BCUT2D eigenvalue weighted by Gasteiger charge is -2.12. The minimum atomic E-state index is 0.759. The molecule has 0 amide bonds. The monoisotopic (exact) mass is 316 g/mol. The topological polar surface area (TPSA) is 18.5 Å². The zero-order valence-electron chi connectivity index (χ0n) is 14.9. The van der Waals surface area contributed by atoms with Gasteiger partial charge >= 0.3 is 0 Å². The molecule has 1 aliphatic carbocycles. The highest BCUT2D eigenvalue weighted by molar-refractivity contribution is 5.28. The van der Waals surface area contributed by atoms with E-state index >= 15 is 0 Å². The predicted octanol–water partition coefficient (Wildman–Crippen LogP) is 5.91. The van der Waals surface area contributed by atoms with Crippen molar-refractivity contribution in [2.75, 3.05) is 13.7 Å². The van der Waals surface area contributed by atoms with Crippen molar-refractivity contribution in [3.05, 3.63) is 41.7 Å².